The largest absolute Gasteiger partial charge is 0.493 e. The van der Waals surface area contributed by atoms with Crippen molar-refractivity contribution in [1.82, 2.24) is 15.0 Å². The van der Waals surface area contributed by atoms with Gasteiger partial charge in [0.2, 0.25) is 17.8 Å². The summed E-state index contributed by atoms with van der Waals surface area (Å²) in [5.74, 6) is 0.867. The Morgan fingerprint density at radius 2 is 1.34 bits per heavy atom. The molecule has 11 heteroatoms. The van der Waals surface area contributed by atoms with Gasteiger partial charge in [-0.3, -0.25) is 0 Å². The molecule has 0 aliphatic carbocycles. The van der Waals surface area contributed by atoms with Gasteiger partial charge >= 0.3 is 5.97 Å². The zero-order chi connectivity index (χ0) is 28.4. The molecule has 0 radical (unpaired) electrons. The molecule has 0 saturated heterocycles. The summed E-state index contributed by atoms with van der Waals surface area (Å²) in [7, 11) is 1.48. The van der Waals surface area contributed by atoms with E-state index in [1.807, 2.05) is 60.7 Å². The van der Waals surface area contributed by atoms with Crippen LogP contribution in [-0.4, -0.2) is 34.2 Å². The van der Waals surface area contributed by atoms with Gasteiger partial charge in [0.25, 0.3) is 0 Å². The summed E-state index contributed by atoms with van der Waals surface area (Å²) in [4.78, 5) is 25.9. The van der Waals surface area contributed by atoms with Crippen LogP contribution in [0.4, 0.5) is 29.2 Å². The molecule has 3 N–H and O–H groups in total. The van der Waals surface area contributed by atoms with E-state index in [9.17, 15) is 4.79 Å². The number of hydrogen-bond donors (Lipinski definition) is 3. The minimum absolute atomic E-state index is 0.213. The number of nitrogens with zero attached hydrogens (tertiary/aromatic N) is 4. The monoisotopic (exact) mass is 565 g/mol. The van der Waals surface area contributed by atoms with Crippen molar-refractivity contribution in [1.29, 1.82) is 0 Å². The van der Waals surface area contributed by atoms with Gasteiger partial charge < -0.3 is 20.1 Å². The van der Waals surface area contributed by atoms with Crippen molar-refractivity contribution in [3.8, 4) is 11.5 Å². The van der Waals surface area contributed by atoms with E-state index in [2.05, 4.69) is 36.1 Å². The molecule has 0 amide bonds. The molecule has 0 fully saturated rings. The molecule has 10 nitrogen and oxygen atoms in total. The van der Waals surface area contributed by atoms with Gasteiger partial charge in [-0.05, 0) is 60.2 Å². The van der Waals surface area contributed by atoms with Crippen molar-refractivity contribution in [2.24, 2.45) is 5.10 Å². The number of hydrazone groups is 1. The van der Waals surface area contributed by atoms with Crippen LogP contribution >= 0.6 is 11.6 Å². The van der Waals surface area contributed by atoms with Gasteiger partial charge in [-0.1, -0.05) is 60.1 Å². The van der Waals surface area contributed by atoms with Gasteiger partial charge in [-0.2, -0.15) is 20.1 Å². The third kappa shape index (κ3) is 7.34. The van der Waals surface area contributed by atoms with Crippen LogP contribution < -0.4 is 25.5 Å². The third-order valence-corrected chi connectivity index (χ3v) is 5.89. The molecule has 4 aromatic carbocycles. The number of para-hydroxylation sites is 2. The van der Waals surface area contributed by atoms with E-state index in [0.717, 1.165) is 11.4 Å². The SMILES string of the molecule is COc1cc(/C=N/Nc2nc(Nc3ccccc3)nc(Nc3ccccc3)n2)ccc1OC(=O)c1ccccc1Cl. The first kappa shape index (κ1) is 27.1. The molecule has 5 rings (SSSR count). The number of nitrogens with one attached hydrogen (secondary N) is 3. The minimum Gasteiger partial charge on any atom is -0.493 e. The summed E-state index contributed by atoms with van der Waals surface area (Å²) >= 11 is 6.11. The molecule has 204 valence electrons. The normalized spacial score (nSPS) is 10.7. The maximum atomic E-state index is 12.6. The number of methoxy groups -OCH3 is 1. The number of hydrogen-bond acceptors (Lipinski definition) is 10. The topological polar surface area (TPSA) is 123 Å². The standard InChI is InChI=1S/C30H24ClN7O3/c1-40-26-18-20(16-17-25(26)41-27(39)23-14-8-9-15-24(23)31)19-32-38-30-36-28(33-21-10-4-2-5-11-21)35-29(37-30)34-22-12-6-3-7-13-22/h2-19H,1H3,(H3,33,34,35,36,37,38)/b32-19+. The predicted octanol–water partition coefficient (Wildman–Crippen LogP) is 6.69. The van der Waals surface area contributed by atoms with Crippen LogP contribution in [0.5, 0.6) is 11.5 Å². The first-order valence-electron chi connectivity index (χ1n) is 12.4. The van der Waals surface area contributed by atoms with Crippen LogP contribution in [0.1, 0.15) is 15.9 Å². The van der Waals surface area contributed by atoms with Gasteiger partial charge in [0, 0.05) is 11.4 Å². The molecule has 0 spiro atoms. The van der Waals surface area contributed by atoms with Crippen LogP contribution in [0.2, 0.25) is 5.02 Å². The smallest absolute Gasteiger partial charge is 0.345 e. The quantitative estimate of drug-likeness (QED) is 0.0735. The highest BCUT2D eigenvalue weighted by molar-refractivity contribution is 6.33. The van der Waals surface area contributed by atoms with Gasteiger partial charge in [-0.15, -0.1) is 0 Å². The third-order valence-electron chi connectivity index (χ3n) is 5.56. The van der Waals surface area contributed by atoms with Crippen LogP contribution in [0, 0.1) is 0 Å². The molecule has 0 atom stereocenters. The van der Waals surface area contributed by atoms with E-state index in [-0.39, 0.29) is 17.3 Å². The van der Waals surface area contributed by atoms with E-state index in [0.29, 0.717) is 28.2 Å². The minimum atomic E-state index is -0.591. The van der Waals surface area contributed by atoms with E-state index in [1.54, 1.807) is 48.7 Å². The number of carbonyl (C=O) groups is 1. The summed E-state index contributed by atoms with van der Waals surface area (Å²) in [5, 5.41) is 10.9. The molecule has 0 bridgehead atoms. The number of aromatic nitrogens is 3. The van der Waals surface area contributed by atoms with Crippen LogP contribution in [0.3, 0.4) is 0 Å². The van der Waals surface area contributed by atoms with Crippen molar-refractivity contribution >= 4 is 53.0 Å². The first-order chi connectivity index (χ1) is 20.1. The Morgan fingerprint density at radius 3 is 1.95 bits per heavy atom. The molecule has 41 heavy (non-hydrogen) atoms. The summed E-state index contributed by atoms with van der Waals surface area (Å²) in [6, 6.07) is 30.8. The average molecular weight is 566 g/mol. The Labute approximate surface area is 241 Å². The first-order valence-corrected chi connectivity index (χ1v) is 12.8. The second-order valence-electron chi connectivity index (χ2n) is 8.44. The number of halogens is 1. The highest BCUT2D eigenvalue weighted by Crippen LogP contribution is 2.29. The van der Waals surface area contributed by atoms with Gasteiger partial charge in [0.1, 0.15) is 0 Å². The van der Waals surface area contributed by atoms with Gasteiger partial charge in [0.15, 0.2) is 11.5 Å². The summed E-state index contributed by atoms with van der Waals surface area (Å²) in [5.41, 5.74) is 5.41. The molecule has 1 aromatic heterocycles. The molecular weight excluding hydrogens is 542 g/mol. The zero-order valence-corrected chi connectivity index (χ0v) is 22.5. The Kier molecular flexibility index (Phi) is 8.63. The number of benzene rings is 4. The van der Waals surface area contributed by atoms with Crippen molar-refractivity contribution in [3.63, 3.8) is 0 Å². The molecule has 5 aromatic rings. The van der Waals surface area contributed by atoms with E-state index in [1.165, 1.54) is 7.11 Å². The van der Waals surface area contributed by atoms with E-state index >= 15 is 0 Å². The van der Waals surface area contributed by atoms with Crippen molar-refractivity contribution in [3.05, 3.63) is 119 Å². The van der Waals surface area contributed by atoms with Crippen LogP contribution in [-0.2, 0) is 0 Å². The Bertz CT molecular complexity index is 1610. The predicted molar refractivity (Wildman–Crippen MR) is 160 cm³/mol. The summed E-state index contributed by atoms with van der Waals surface area (Å²) in [6.07, 6.45) is 1.56. The van der Waals surface area contributed by atoms with Crippen molar-refractivity contribution < 1.29 is 14.3 Å². The number of anilines is 5. The Balaban J connectivity index is 1.32. The molecule has 0 unspecified atom stereocenters. The van der Waals surface area contributed by atoms with E-state index in [4.69, 9.17) is 21.1 Å². The lowest BCUT2D eigenvalue weighted by atomic mass is 10.2. The zero-order valence-electron chi connectivity index (χ0n) is 21.8. The fraction of sp³-hybridized carbons (Fsp3) is 0.0333. The highest BCUT2D eigenvalue weighted by Gasteiger charge is 2.15. The van der Waals surface area contributed by atoms with Crippen LogP contribution in [0.25, 0.3) is 0 Å². The fourth-order valence-corrected chi connectivity index (χ4v) is 3.85. The molecule has 0 aliphatic heterocycles. The van der Waals surface area contributed by atoms with Crippen LogP contribution in [0.15, 0.2) is 108 Å². The van der Waals surface area contributed by atoms with Crippen molar-refractivity contribution in [2.45, 2.75) is 0 Å². The van der Waals surface area contributed by atoms with Gasteiger partial charge in [-0.25, -0.2) is 10.2 Å². The number of esters is 1. The molecular formula is C30H24ClN7O3. The number of carbonyl (C=O) groups excluding carboxylic acids is 1. The Hall–Kier alpha value is -5.48. The maximum absolute atomic E-state index is 12.6. The molecule has 1 heterocycles. The second kappa shape index (κ2) is 13.0. The maximum Gasteiger partial charge on any atom is 0.345 e. The lowest BCUT2D eigenvalue weighted by molar-refractivity contribution is 0.0730. The van der Waals surface area contributed by atoms with Gasteiger partial charge in [0.05, 0.1) is 23.9 Å². The summed E-state index contributed by atoms with van der Waals surface area (Å²) in [6.45, 7) is 0. The highest BCUT2D eigenvalue weighted by atomic mass is 35.5. The number of ether oxygens (including phenoxy) is 2. The second-order valence-corrected chi connectivity index (χ2v) is 8.85. The summed E-state index contributed by atoms with van der Waals surface area (Å²) < 4.78 is 10.9. The average Bonchev–Trinajstić information content (AvgIpc) is 2.99. The Morgan fingerprint density at radius 1 is 0.756 bits per heavy atom. The number of rotatable bonds is 10. The van der Waals surface area contributed by atoms with E-state index < -0.39 is 5.97 Å². The lowest BCUT2D eigenvalue weighted by Crippen LogP contribution is -2.10. The molecule has 0 saturated carbocycles. The van der Waals surface area contributed by atoms with Crippen molar-refractivity contribution in [2.75, 3.05) is 23.2 Å². The lowest BCUT2D eigenvalue weighted by Gasteiger charge is -2.11. The molecule has 0 aliphatic rings. The fourth-order valence-electron chi connectivity index (χ4n) is 3.63.